The maximum Gasteiger partial charge on any atom is 0.0508 e. The quantitative estimate of drug-likeness (QED) is 0.771. The second kappa shape index (κ2) is 3.31. The lowest BCUT2D eigenvalue weighted by atomic mass is 10.1. The summed E-state index contributed by atoms with van der Waals surface area (Å²) < 4.78 is 2.46. The number of fused-ring (bicyclic) bond motifs is 1. The van der Waals surface area contributed by atoms with Crippen LogP contribution in [0.3, 0.4) is 0 Å². The Labute approximate surface area is 89.7 Å². The molecule has 0 atom stereocenters. The Bertz CT molecular complexity index is 447. The van der Waals surface area contributed by atoms with E-state index in [2.05, 4.69) is 40.4 Å². The van der Waals surface area contributed by atoms with E-state index in [1.54, 1.807) is 11.3 Å². The van der Waals surface area contributed by atoms with Gasteiger partial charge in [0.15, 0.2) is 0 Å². The van der Waals surface area contributed by atoms with Gasteiger partial charge in [-0.15, -0.1) is 11.3 Å². The summed E-state index contributed by atoms with van der Waals surface area (Å²) in [6.45, 7) is 2.14. The van der Waals surface area contributed by atoms with Crippen LogP contribution in [0.1, 0.15) is 12.5 Å². The third-order valence-corrected chi connectivity index (χ3v) is 4.27. The minimum absolute atomic E-state index is 0.885. The molecule has 0 aliphatic carbocycles. The van der Waals surface area contributed by atoms with Crippen molar-refractivity contribution in [3.8, 4) is 0 Å². The summed E-state index contributed by atoms with van der Waals surface area (Å²) in [5.74, 6) is 0. The number of hydrogen-bond acceptors (Lipinski definition) is 2. The first-order chi connectivity index (χ1) is 6.24. The highest BCUT2D eigenvalue weighted by Crippen LogP contribution is 2.35. The molecule has 1 aromatic carbocycles. The van der Waals surface area contributed by atoms with Crippen molar-refractivity contribution in [3.05, 3.63) is 27.5 Å². The van der Waals surface area contributed by atoms with E-state index in [1.165, 1.54) is 14.7 Å². The number of benzene rings is 1. The third kappa shape index (κ3) is 1.36. The molecular formula is C10H10BrNS. The molecular weight excluding hydrogens is 246 g/mol. The van der Waals surface area contributed by atoms with Gasteiger partial charge in [-0.25, -0.2) is 0 Å². The zero-order chi connectivity index (χ0) is 9.42. The van der Waals surface area contributed by atoms with Gasteiger partial charge in [-0.3, -0.25) is 0 Å². The minimum Gasteiger partial charge on any atom is -0.398 e. The SMILES string of the molecule is CCc1cc(N)c2ccsc2c1Br. The summed E-state index contributed by atoms with van der Waals surface area (Å²) in [5.41, 5.74) is 8.10. The number of rotatable bonds is 1. The number of nitrogens with two attached hydrogens (primary N) is 1. The molecule has 0 radical (unpaired) electrons. The Morgan fingerprint density at radius 1 is 1.54 bits per heavy atom. The molecule has 0 aliphatic rings. The lowest BCUT2D eigenvalue weighted by Crippen LogP contribution is -1.90. The number of hydrogen-bond donors (Lipinski definition) is 1. The minimum atomic E-state index is 0.885. The summed E-state index contributed by atoms with van der Waals surface area (Å²) in [5, 5.41) is 3.24. The number of aryl methyl sites for hydroxylation is 1. The van der Waals surface area contributed by atoms with E-state index in [-0.39, 0.29) is 0 Å². The van der Waals surface area contributed by atoms with Gasteiger partial charge in [-0.2, -0.15) is 0 Å². The van der Waals surface area contributed by atoms with Crippen LogP contribution in [0.2, 0.25) is 0 Å². The number of nitrogen functional groups attached to an aromatic ring is 1. The van der Waals surface area contributed by atoms with Crippen LogP contribution in [-0.4, -0.2) is 0 Å². The van der Waals surface area contributed by atoms with E-state index < -0.39 is 0 Å². The zero-order valence-corrected chi connectivity index (χ0v) is 9.71. The first-order valence-corrected chi connectivity index (χ1v) is 5.85. The monoisotopic (exact) mass is 255 g/mol. The fourth-order valence-electron chi connectivity index (χ4n) is 1.44. The zero-order valence-electron chi connectivity index (χ0n) is 7.30. The molecule has 0 amide bonds. The molecule has 1 nitrogen and oxygen atoms in total. The van der Waals surface area contributed by atoms with Gasteiger partial charge in [0.1, 0.15) is 0 Å². The molecule has 13 heavy (non-hydrogen) atoms. The van der Waals surface area contributed by atoms with E-state index >= 15 is 0 Å². The summed E-state index contributed by atoms with van der Waals surface area (Å²) in [6, 6.07) is 4.12. The first-order valence-electron chi connectivity index (χ1n) is 4.18. The molecule has 0 saturated carbocycles. The van der Waals surface area contributed by atoms with Gasteiger partial charge >= 0.3 is 0 Å². The Hall–Kier alpha value is -0.540. The summed E-state index contributed by atoms with van der Waals surface area (Å²) in [4.78, 5) is 0. The van der Waals surface area contributed by atoms with Gasteiger partial charge < -0.3 is 5.73 Å². The molecule has 0 spiro atoms. The average Bonchev–Trinajstić information content (AvgIpc) is 2.60. The maximum atomic E-state index is 5.93. The van der Waals surface area contributed by atoms with E-state index in [0.717, 1.165) is 17.5 Å². The fraction of sp³-hybridized carbons (Fsp3) is 0.200. The molecule has 2 rings (SSSR count). The van der Waals surface area contributed by atoms with Gasteiger partial charge in [-0.1, -0.05) is 6.92 Å². The van der Waals surface area contributed by atoms with Crippen molar-refractivity contribution in [2.45, 2.75) is 13.3 Å². The lowest BCUT2D eigenvalue weighted by Gasteiger charge is -2.05. The second-order valence-corrected chi connectivity index (χ2v) is 4.66. The largest absolute Gasteiger partial charge is 0.398 e. The van der Waals surface area contributed by atoms with Crippen molar-refractivity contribution < 1.29 is 0 Å². The molecule has 1 aromatic heterocycles. The molecule has 0 fully saturated rings. The highest BCUT2D eigenvalue weighted by Gasteiger charge is 2.07. The van der Waals surface area contributed by atoms with Crippen molar-refractivity contribution in [1.82, 2.24) is 0 Å². The fourth-order valence-corrected chi connectivity index (χ4v) is 3.21. The Morgan fingerprint density at radius 3 is 3.00 bits per heavy atom. The molecule has 0 saturated heterocycles. The van der Waals surface area contributed by atoms with Crippen molar-refractivity contribution in [1.29, 1.82) is 0 Å². The van der Waals surface area contributed by atoms with Gasteiger partial charge in [0.05, 0.1) is 4.70 Å². The lowest BCUT2D eigenvalue weighted by molar-refractivity contribution is 1.14. The molecule has 2 aromatic rings. The van der Waals surface area contributed by atoms with E-state index in [1.807, 2.05) is 0 Å². The Balaban J connectivity index is 2.85. The van der Waals surface area contributed by atoms with Crippen molar-refractivity contribution in [2.75, 3.05) is 5.73 Å². The highest BCUT2D eigenvalue weighted by atomic mass is 79.9. The van der Waals surface area contributed by atoms with Crippen LogP contribution in [0.5, 0.6) is 0 Å². The van der Waals surface area contributed by atoms with Crippen molar-refractivity contribution in [3.63, 3.8) is 0 Å². The molecule has 0 unspecified atom stereocenters. The van der Waals surface area contributed by atoms with Crippen LogP contribution in [0.25, 0.3) is 10.1 Å². The number of thiophene rings is 1. The molecule has 0 bridgehead atoms. The normalized spacial score (nSPS) is 10.9. The van der Waals surface area contributed by atoms with E-state index in [0.29, 0.717) is 0 Å². The molecule has 0 aliphatic heterocycles. The van der Waals surface area contributed by atoms with Crippen molar-refractivity contribution >= 4 is 43.0 Å². The Kier molecular flexibility index (Phi) is 2.30. The summed E-state index contributed by atoms with van der Waals surface area (Å²) in [6.07, 6.45) is 1.01. The molecule has 2 N–H and O–H groups in total. The van der Waals surface area contributed by atoms with Crippen LogP contribution < -0.4 is 5.73 Å². The van der Waals surface area contributed by atoms with Crippen LogP contribution in [0, 0.1) is 0 Å². The predicted molar refractivity (Wildman–Crippen MR) is 63.3 cm³/mol. The first kappa shape index (κ1) is 9.03. The second-order valence-electron chi connectivity index (χ2n) is 2.96. The standard InChI is InChI=1S/C10H10BrNS/c1-2-6-5-8(12)7-3-4-13-10(7)9(6)11/h3-5H,2,12H2,1H3. The van der Waals surface area contributed by atoms with Gasteiger partial charge in [0.2, 0.25) is 0 Å². The smallest absolute Gasteiger partial charge is 0.0508 e. The van der Waals surface area contributed by atoms with Crippen molar-refractivity contribution in [2.24, 2.45) is 0 Å². The third-order valence-electron chi connectivity index (χ3n) is 2.17. The maximum absolute atomic E-state index is 5.93. The molecule has 68 valence electrons. The van der Waals surface area contributed by atoms with Crippen LogP contribution in [0.4, 0.5) is 5.69 Å². The Morgan fingerprint density at radius 2 is 2.31 bits per heavy atom. The number of anilines is 1. The van der Waals surface area contributed by atoms with Crippen LogP contribution >= 0.6 is 27.3 Å². The number of halogens is 1. The van der Waals surface area contributed by atoms with Gasteiger partial charge in [0, 0.05) is 15.5 Å². The average molecular weight is 256 g/mol. The van der Waals surface area contributed by atoms with Gasteiger partial charge in [0.25, 0.3) is 0 Å². The van der Waals surface area contributed by atoms with Gasteiger partial charge in [-0.05, 0) is 45.4 Å². The topological polar surface area (TPSA) is 26.0 Å². The predicted octanol–water partition coefficient (Wildman–Crippen LogP) is 3.81. The van der Waals surface area contributed by atoms with Crippen LogP contribution in [-0.2, 0) is 6.42 Å². The molecule has 3 heteroatoms. The summed E-state index contributed by atoms with van der Waals surface area (Å²) in [7, 11) is 0. The molecule has 1 heterocycles. The van der Waals surface area contributed by atoms with E-state index in [9.17, 15) is 0 Å². The summed E-state index contributed by atoms with van der Waals surface area (Å²) >= 11 is 5.34. The van der Waals surface area contributed by atoms with Crippen LogP contribution in [0.15, 0.2) is 22.0 Å². The van der Waals surface area contributed by atoms with E-state index in [4.69, 9.17) is 5.73 Å². The highest BCUT2D eigenvalue weighted by molar-refractivity contribution is 9.10.